The molecule has 13 heavy (non-hydrogen) atoms. The van der Waals surface area contributed by atoms with Gasteiger partial charge >= 0.3 is 0 Å². The zero-order valence-electron chi connectivity index (χ0n) is 7.96. The fourth-order valence-electron chi connectivity index (χ4n) is 1.72. The Morgan fingerprint density at radius 2 is 2.54 bits per heavy atom. The standard InChI is InChI=1S/C10H18N2O/c1-2-3-4-6-9(12-11)10-7-5-8-13-10/h1,9-10,12H,3-8,11H2. The number of nitrogens with two attached hydrogens (primary N) is 1. The summed E-state index contributed by atoms with van der Waals surface area (Å²) >= 11 is 0. The molecule has 1 rings (SSSR count). The molecule has 0 bridgehead atoms. The van der Waals surface area contributed by atoms with Crippen LogP contribution in [0.15, 0.2) is 0 Å². The van der Waals surface area contributed by atoms with Crippen LogP contribution in [-0.2, 0) is 4.74 Å². The molecule has 0 spiro atoms. The highest BCUT2D eigenvalue weighted by Crippen LogP contribution is 2.18. The van der Waals surface area contributed by atoms with E-state index in [-0.39, 0.29) is 6.04 Å². The first-order chi connectivity index (χ1) is 6.38. The molecule has 0 saturated carbocycles. The van der Waals surface area contributed by atoms with Crippen LogP contribution in [0, 0.1) is 12.3 Å². The van der Waals surface area contributed by atoms with E-state index in [2.05, 4.69) is 11.3 Å². The van der Waals surface area contributed by atoms with Gasteiger partial charge in [-0.2, -0.15) is 0 Å². The van der Waals surface area contributed by atoms with E-state index in [1.54, 1.807) is 0 Å². The first kappa shape index (κ1) is 10.5. The average Bonchev–Trinajstić information content (AvgIpc) is 2.65. The molecule has 2 unspecified atom stereocenters. The summed E-state index contributed by atoms with van der Waals surface area (Å²) in [5.74, 6) is 8.08. The highest BCUT2D eigenvalue weighted by Gasteiger charge is 2.24. The predicted octanol–water partition coefficient (Wildman–Crippen LogP) is 0.801. The van der Waals surface area contributed by atoms with Gasteiger partial charge < -0.3 is 4.74 Å². The number of rotatable bonds is 5. The quantitative estimate of drug-likeness (QED) is 0.286. The maximum absolute atomic E-state index is 5.54. The number of ether oxygens (including phenoxy) is 1. The summed E-state index contributed by atoms with van der Waals surface area (Å²) in [6.45, 7) is 0.873. The normalized spacial score (nSPS) is 24.2. The van der Waals surface area contributed by atoms with Crippen LogP contribution in [0.3, 0.4) is 0 Å². The lowest BCUT2D eigenvalue weighted by molar-refractivity contribution is 0.0751. The summed E-state index contributed by atoms with van der Waals surface area (Å²) in [5, 5.41) is 0. The van der Waals surface area contributed by atoms with Crippen molar-refractivity contribution in [3.8, 4) is 12.3 Å². The van der Waals surface area contributed by atoms with Crippen molar-refractivity contribution in [2.45, 2.75) is 44.2 Å². The fourth-order valence-corrected chi connectivity index (χ4v) is 1.72. The van der Waals surface area contributed by atoms with Crippen LogP contribution in [0.5, 0.6) is 0 Å². The molecular formula is C10H18N2O. The smallest absolute Gasteiger partial charge is 0.0742 e. The molecule has 0 amide bonds. The van der Waals surface area contributed by atoms with Gasteiger partial charge in [0.15, 0.2) is 0 Å². The molecule has 3 nitrogen and oxygen atoms in total. The maximum atomic E-state index is 5.54. The van der Waals surface area contributed by atoms with E-state index in [1.165, 1.54) is 0 Å². The van der Waals surface area contributed by atoms with Crippen LogP contribution in [-0.4, -0.2) is 18.8 Å². The largest absolute Gasteiger partial charge is 0.377 e. The van der Waals surface area contributed by atoms with E-state index in [0.29, 0.717) is 6.10 Å². The van der Waals surface area contributed by atoms with Gasteiger partial charge in [-0.1, -0.05) is 0 Å². The fraction of sp³-hybridized carbons (Fsp3) is 0.800. The molecule has 0 radical (unpaired) electrons. The van der Waals surface area contributed by atoms with Crippen LogP contribution >= 0.6 is 0 Å². The third-order valence-electron chi connectivity index (χ3n) is 2.46. The van der Waals surface area contributed by atoms with Gasteiger partial charge in [0.05, 0.1) is 6.10 Å². The number of nitrogens with one attached hydrogen (secondary N) is 1. The van der Waals surface area contributed by atoms with Crippen LogP contribution < -0.4 is 11.3 Å². The van der Waals surface area contributed by atoms with Gasteiger partial charge in [-0.25, -0.2) is 0 Å². The van der Waals surface area contributed by atoms with Crippen LogP contribution in [0.25, 0.3) is 0 Å². The molecule has 1 saturated heterocycles. The molecule has 3 N–H and O–H groups in total. The second kappa shape index (κ2) is 5.98. The molecule has 3 heteroatoms. The SMILES string of the molecule is C#CCCCC(NN)C1CCCO1. The molecule has 2 atom stereocenters. The number of hydrogen-bond donors (Lipinski definition) is 2. The third kappa shape index (κ3) is 3.35. The third-order valence-corrected chi connectivity index (χ3v) is 2.46. The summed E-state index contributed by atoms with van der Waals surface area (Å²) in [6, 6.07) is 0.274. The Labute approximate surface area is 80.0 Å². The molecule has 0 aliphatic carbocycles. The zero-order valence-corrected chi connectivity index (χ0v) is 7.96. The number of hydrazine groups is 1. The van der Waals surface area contributed by atoms with Crippen LogP contribution in [0.4, 0.5) is 0 Å². The minimum Gasteiger partial charge on any atom is -0.377 e. The summed E-state index contributed by atoms with van der Waals surface area (Å²) in [7, 11) is 0. The van der Waals surface area contributed by atoms with Gasteiger partial charge in [0, 0.05) is 19.1 Å². The molecule has 0 aromatic heterocycles. The van der Waals surface area contributed by atoms with Crippen molar-refractivity contribution < 1.29 is 4.74 Å². The van der Waals surface area contributed by atoms with Gasteiger partial charge in [-0.15, -0.1) is 12.3 Å². The van der Waals surface area contributed by atoms with Crippen molar-refractivity contribution >= 4 is 0 Å². The van der Waals surface area contributed by atoms with E-state index in [1.807, 2.05) is 0 Å². The Balaban J connectivity index is 2.21. The molecule has 74 valence electrons. The van der Waals surface area contributed by atoms with Crippen molar-refractivity contribution in [1.82, 2.24) is 5.43 Å². The molecule has 1 aliphatic heterocycles. The van der Waals surface area contributed by atoms with E-state index < -0.39 is 0 Å². The minimum atomic E-state index is 0.274. The molecular weight excluding hydrogens is 164 g/mol. The number of hydrogen-bond acceptors (Lipinski definition) is 3. The van der Waals surface area contributed by atoms with Crippen LogP contribution in [0.2, 0.25) is 0 Å². The Bertz CT molecular complexity index is 170. The first-order valence-corrected chi connectivity index (χ1v) is 4.89. The Hall–Kier alpha value is -0.560. The second-order valence-corrected chi connectivity index (χ2v) is 3.42. The lowest BCUT2D eigenvalue weighted by Crippen LogP contribution is -2.43. The lowest BCUT2D eigenvalue weighted by Gasteiger charge is -2.21. The van der Waals surface area contributed by atoms with E-state index in [9.17, 15) is 0 Å². The molecule has 0 aromatic rings. The molecule has 1 heterocycles. The minimum absolute atomic E-state index is 0.274. The first-order valence-electron chi connectivity index (χ1n) is 4.89. The van der Waals surface area contributed by atoms with Gasteiger partial charge in [-0.05, 0) is 25.7 Å². The average molecular weight is 182 g/mol. The highest BCUT2D eigenvalue weighted by atomic mass is 16.5. The van der Waals surface area contributed by atoms with Crippen molar-refractivity contribution in [2.75, 3.05) is 6.61 Å². The predicted molar refractivity (Wildman–Crippen MR) is 52.8 cm³/mol. The molecule has 0 aromatic carbocycles. The van der Waals surface area contributed by atoms with Crippen molar-refractivity contribution in [2.24, 2.45) is 5.84 Å². The number of terminal acetylenes is 1. The van der Waals surface area contributed by atoms with Gasteiger partial charge in [0.2, 0.25) is 0 Å². The Morgan fingerprint density at radius 1 is 1.69 bits per heavy atom. The topological polar surface area (TPSA) is 47.3 Å². The van der Waals surface area contributed by atoms with Crippen LogP contribution in [0.1, 0.15) is 32.1 Å². The Morgan fingerprint density at radius 3 is 3.08 bits per heavy atom. The van der Waals surface area contributed by atoms with Crippen molar-refractivity contribution in [3.63, 3.8) is 0 Å². The van der Waals surface area contributed by atoms with E-state index in [0.717, 1.165) is 38.7 Å². The monoisotopic (exact) mass is 182 g/mol. The molecule has 1 aliphatic rings. The highest BCUT2D eigenvalue weighted by molar-refractivity contribution is 4.85. The van der Waals surface area contributed by atoms with E-state index in [4.69, 9.17) is 17.0 Å². The molecule has 1 fully saturated rings. The lowest BCUT2D eigenvalue weighted by atomic mass is 10.0. The second-order valence-electron chi connectivity index (χ2n) is 3.42. The van der Waals surface area contributed by atoms with Gasteiger partial charge in [0.1, 0.15) is 0 Å². The number of unbranched alkanes of at least 4 members (excludes halogenated alkanes) is 1. The van der Waals surface area contributed by atoms with Crippen molar-refractivity contribution in [1.29, 1.82) is 0 Å². The maximum Gasteiger partial charge on any atom is 0.0742 e. The summed E-state index contributed by atoms with van der Waals surface area (Å²) in [6.07, 6.45) is 10.6. The summed E-state index contributed by atoms with van der Waals surface area (Å²) < 4.78 is 5.54. The van der Waals surface area contributed by atoms with Crippen molar-refractivity contribution in [3.05, 3.63) is 0 Å². The Kier molecular flexibility index (Phi) is 4.84. The summed E-state index contributed by atoms with van der Waals surface area (Å²) in [4.78, 5) is 0. The van der Waals surface area contributed by atoms with Gasteiger partial charge in [-0.3, -0.25) is 11.3 Å². The van der Waals surface area contributed by atoms with Gasteiger partial charge in [0.25, 0.3) is 0 Å². The van der Waals surface area contributed by atoms with E-state index >= 15 is 0 Å². The zero-order chi connectivity index (χ0) is 9.52. The summed E-state index contributed by atoms with van der Waals surface area (Å²) in [5.41, 5.74) is 2.81.